The highest BCUT2D eigenvalue weighted by atomic mass is 16.5. The zero-order valence-electron chi connectivity index (χ0n) is 16.3. The van der Waals surface area contributed by atoms with Crippen LogP contribution in [-0.2, 0) is 4.79 Å². The second kappa shape index (κ2) is 9.55. The van der Waals surface area contributed by atoms with Gasteiger partial charge in [0.1, 0.15) is 6.04 Å². The molecule has 0 aromatic heterocycles. The Kier molecular flexibility index (Phi) is 7.38. The zero-order valence-corrected chi connectivity index (χ0v) is 16.3. The standard InChI is InChI=1S/C21H25N3O5/c1-21(2,22)18(20(28)24-29)23-19(27)14-9-7-13(8-10-14)5-3-4-6-15-11-17(26)16(15)12-25/h7-10,15-18,25-26,29H,11-12,22H2,1-2H3,(H,23,27)(H,24,28)/t15-,16+,17-,18?/m0/s1. The van der Waals surface area contributed by atoms with E-state index in [2.05, 4.69) is 29.0 Å². The number of amides is 2. The van der Waals surface area contributed by atoms with E-state index in [1.807, 2.05) is 0 Å². The maximum absolute atomic E-state index is 12.4. The van der Waals surface area contributed by atoms with E-state index in [9.17, 15) is 14.7 Å². The molecule has 1 aromatic carbocycles. The topological polar surface area (TPSA) is 145 Å². The highest BCUT2D eigenvalue weighted by Gasteiger charge is 2.38. The van der Waals surface area contributed by atoms with Gasteiger partial charge >= 0.3 is 0 Å². The molecule has 1 fully saturated rings. The van der Waals surface area contributed by atoms with Gasteiger partial charge in [0, 0.05) is 35.1 Å². The maximum Gasteiger partial charge on any atom is 0.267 e. The van der Waals surface area contributed by atoms with Gasteiger partial charge in [0.15, 0.2) is 0 Å². The van der Waals surface area contributed by atoms with Crippen molar-refractivity contribution in [1.82, 2.24) is 10.8 Å². The van der Waals surface area contributed by atoms with Crippen molar-refractivity contribution in [2.75, 3.05) is 6.61 Å². The third-order valence-electron chi connectivity index (χ3n) is 4.78. The van der Waals surface area contributed by atoms with Crippen LogP contribution >= 0.6 is 0 Å². The van der Waals surface area contributed by atoms with Gasteiger partial charge in [-0.05, 0) is 56.4 Å². The molecule has 1 unspecified atom stereocenters. The van der Waals surface area contributed by atoms with Crippen LogP contribution in [0.15, 0.2) is 24.3 Å². The zero-order chi connectivity index (χ0) is 21.6. The molecule has 8 heteroatoms. The number of aliphatic hydroxyl groups excluding tert-OH is 2. The molecule has 154 valence electrons. The van der Waals surface area contributed by atoms with Crippen LogP contribution in [0.2, 0.25) is 0 Å². The normalized spacial score (nSPS) is 21.4. The van der Waals surface area contributed by atoms with Crippen LogP contribution in [0.3, 0.4) is 0 Å². The second-order valence-corrected chi connectivity index (χ2v) is 7.56. The summed E-state index contributed by atoms with van der Waals surface area (Å²) in [6, 6.07) is 5.26. The Labute approximate surface area is 169 Å². The molecule has 0 saturated heterocycles. The fourth-order valence-electron chi connectivity index (χ4n) is 2.90. The molecule has 1 saturated carbocycles. The Hall–Kier alpha value is -2.88. The summed E-state index contributed by atoms with van der Waals surface area (Å²) in [7, 11) is 0. The van der Waals surface area contributed by atoms with E-state index in [4.69, 9.17) is 16.0 Å². The Morgan fingerprint density at radius 3 is 2.45 bits per heavy atom. The van der Waals surface area contributed by atoms with Crippen LogP contribution in [0.1, 0.15) is 36.2 Å². The Bertz CT molecular complexity index is 868. The predicted octanol–water partition coefficient (Wildman–Crippen LogP) is -0.628. The van der Waals surface area contributed by atoms with Crippen molar-refractivity contribution in [1.29, 1.82) is 0 Å². The van der Waals surface area contributed by atoms with E-state index in [0.29, 0.717) is 17.5 Å². The summed E-state index contributed by atoms with van der Waals surface area (Å²) in [4.78, 5) is 24.1. The Morgan fingerprint density at radius 2 is 1.93 bits per heavy atom. The fourth-order valence-corrected chi connectivity index (χ4v) is 2.90. The predicted molar refractivity (Wildman–Crippen MR) is 105 cm³/mol. The number of hydrogen-bond acceptors (Lipinski definition) is 6. The monoisotopic (exact) mass is 399 g/mol. The Balaban J connectivity index is 2.00. The SMILES string of the molecule is CC(C)(N)C(NC(=O)c1ccc(C#CC#C[C@H]2C[C@H](O)[C@@H]2CO)cc1)C(=O)NO. The summed E-state index contributed by atoms with van der Waals surface area (Å²) in [5.41, 5.74) is 7.25. The highest BCUT2D eigenvalue weighted by Crippen LogP contribution is 2.33. The van der Waals surface area contributed by atoms with Crippen LogP contribution in [0.5, 0.6) is 0 Å². The maximum atomic E-state index is 12.4. The van der Waals surface area contributed by atoms with Gasteiger partial charge in [-0.15, -0.1) is 0 Å². The van der Waals surface area contributed by atoms with Crippen LogP contribution in [0.25, 0.3) is 0 Å². The van der Waals surface area contributed by atoms with Gasteiger partial charge in [0.2, 0.25) is 0 Å². The fraction of sp³-hybridized carbons (Fsp3) is 0.429. The molecule has 2 rings (SSSR count). The summed E-state index contributed by atoms with van der Waals surface area (Å²) in [6.07, 6.45) is 0.0392. The quantitative estimate of drug-likeness (QED) is 0.221. The van der Waals surface area contributed by atoms with Gasteiger partial charge in [-0.3, -0.25) is 14.8 Å². The number of benzene rings is 1. The van der Waals surface area contributed by atoms with Crippen LogP contribution in [-0.4, -0.2) is 51.5 Å². The van der Waals surface area contributed by atoms with Gasteiger partial charge in [-0.25, -0.2) is 5.48 Å². The van der Waals surface area contributed by atoms with Gasteiger partial charge in [-0.2, -0.15) is 0 Å². The first-order valence-corrected chi connectivity index (χ1v) is 9.11. The first kappa shape index (κ1) is 22.4. The van der Waals surface area contributed by atoms with Crippen molar-refractivity contribution < 1.29 is 25.0 Å². The van der Waals surface area contributed by atoms with Gasteiger partial charge in [0.25, 0.3) is 11.8 Å². The molecule has 0 radical (unpaired) electrons. The van der Waals surface area contributed by atoms with Gasteiger partial charge < -0.3 is 21.3 Å². The van der Waals surface area contributed by atoms with Crippen molar-refractivity contribution >= 4 is 11.8 Å². The molecule has 0 bridgehead atoms. The molecule has 0 aliphatic heterocycles. The van der Waals surface area contributed by atoms with Crippen molar-refractivity contribution in [3.63, 3.8) is 0 Å². The second-order valence-electron chi connectivity index (χ2n) is 7.56. The van der Waals surface area contributed by atoms with Gasteiger partial charge in [-0.1, -0.05) is 11.8 Å². The van der Waals surface area contributed by atoms with Crippen molar-refractivity contribution in [2.24, 2.45) is 17.6 Å². The molecule has 7 N–H and O–H groups in total. The lowest BCUT2D eigenvalue weighted by atomic mass is 9.72. The van der Waals surface area contributed by atoms with E-state index in [-0.39, 0.29) is 18.4 Å². The van der Waals surface area contributed by atoms with Crippen molar-refractivity contribution in [3.05, 3.63) is 35.4 Å². The van der Waals surface area contributed by atoms with E-state index in [1.54, 1.807) is 38.1 Å². The minimum Gasteiger partial charge on any atom is -0.396 e. The molecule has 2 amide bonds. The molecular weight excluding hydrogens is 374 g/mol. The largest absolute Gasteiger partial charge is 0.396 e. The molecule has 1 aliphatic carbocycles. The number of aliphatic hydroxyl groups is 2. The number of nitrogens with two attached hydrogens (primary N) is 1. The van der Waals surface area contributed by atoms with E-state index in [1.165, 1.54) is 5.48 Å². The highest BCUT2D eigenvalue weighted by molar-refractivity contribution is 5.97. The number of rotatable bonds is 5. The third-order valence-corrected chi connectivity index (χ3v) is 4.78. The van der Waals surface area contributed by atoms with Crippen LogP contribution in [0.4, 0.5) is 0 Å². The van der Waals surface area contributed by atoms with E-state index >= 15 is 0 Å². The molecule has 0 heterocycles. The van der Waals surface area contributed by atoms with Crippen LogP contribution < -0.4 is 16.5 Å². The molecule has 1 aliphatic rings. The average Bonchev–Trinajstić information content (AvgIpc) is 2.67. The number of nitrogens with one attached hydrogen (secondary N) is 2. The Morgan fingerprint density at radius 1 is 1.28 bits per heavy atom. The molecule has 29 heavy (non-hydrogen) atoms. The smallest absolute Gasteiger partial charge is 0.267 e. The molecule has 8 nitrogen and oxygen atoms in total. The number of carbonyl (C=O) groups is 2. The van der Waals surface area contributed by atoms with Crippen molar-refractivity contribution in [3.8, 4) is 23.7 Å². The third kappa shape index (κ3) is 5.80. The van der Waals surface area contributed by atoms with E-state index < -0.39 is 29.5 Å². The molecule has 1 aromatic rings. The lowest BCUT2D eigenvalue weighted by molar-refractivity contribution is -0.132. The summed E-state index contributed by atoms with van der Waals surface area (Å²) < 4.78 is 0. The summed E-state index contributed by atoms with van der Waals surface area (Å²) >= 11 is 0. The molecule has 0 spiro atoms. The van der Waals surface area contributed by atoms with Crippen LogP contribution in [0, 0.1) is 35.5 Å². The first-order chi connectivity index (χ1) is 13.7. The minimum absolute atomic E-state index is 0.0498. The number of carbonyl (C=O) groups excluding carboxylic acids is 2. The lowest BCUT2D eigenvalue weighted by Crippen LogP contribution is -2.61. The lowest BCUT2D eigenvalue weighted by Gasteiger charge is -2.37. The molecule has 4 atom stereocenters. The van der Waals surface area contributed by atoms with E-state index in [0.717, 1.165) is 0 Å². The number of hydrogen-bond donors (Lipinski definition) is 6. The summed E-state index contributed by atoms with van der Waals surface area (Å²) in [5.74, 6) is 9.62. The van der Waals surface area contributed by atoms with Crippen molar-refractivity contribution in [2.45, 2.75) is 38.0 Å². The summed E-state index contributed by atoms with van der Waals surface area (Å²) in [6.45, 7) is 3.01. The summed E-state index contributed by atoms with van der Waals surface area (Å²) in [5, 5.41) is 30.0. The number of hydroxylamine groups is 1. The van der Waals surface area contributed by atoms with Gasteiger partial charge in [0.05, 0.1) is 6.10 Å². The molecular formula is C21H25N3O5. The average molecular weight is 399 g/mol. The minimum atomic E-state index is -1.12. The first-order valence-electron chi connectivity index (χ1n) is 9.11.